The first-order valence-corrected chi connectivity index (χ1v) is 6.79. The first-order valence-electron chi connectivity index (χ1n) is 6.79. The van der Waals surface area contributed by atoms with Gasteiger partial charge in [0.05, 0.1) is 23.3 Å². The maximum absolute atomic E-state index is 12.8. The number of anilines is 1. The Kier molecular flexibility index (Phi) is 4.81. The van der Waals surface area contributed by atoms with Crippen molar-refractivity contribution in [3.05, 3.63) is 35.9 Å². The predicted molar refractivity (Wildman–Crippen MR) is 71.4 cm³/mol. The molecule has 1 aliphatic heterocycles. The van der Waals surface area contributed by atoms with Crippen LogP contribution in [-0.2, 0) is 12.4 Å². The van der Waals surface area contributed by atoms with E-state index in [0.29, 0.717) is 25.1 Å². The third-order valence-electron chi connectivity index (χ3n) is 3.68. The van der Waals surface area contributed by atoms with Crippen molar-refractivity contribution in [2.45, 2.75) is 30.7 Å². The molecule has 1 atom stereocenters. The molecule has 129 valence electrons. The van der Waals surface area contributed by atoms with E-state index in [1.54, 1.807) is 6.54 Å². The lowest BCUT2D eigenvalue weighted by Crippen LogP contribution is -2.48. The third kappa shape index (κ3) is 4.29. The van der Waals surface area contributed by atoms with Gasteiger partial charge in [0.1, 0.15) is 0 Å². The molecular weight excluding hydrogens is 326 g/mol. The van der Waals surface area contributed by atoms with Gasteiger partial charge in [-0.05, 0) is 37.6 Å². The quantitative estimate of drug-likeness (QED) is 0.739. The molecule has 1 unspecified atom stereocenters. The summed E-state index contributed by atoms with van der Waals surface area (Å²) in [5.74, 6) is 0. The van der Waals surface area contributed by atoms with Crippen LogP contribution >= 0.6 is 0 Å². The van der Waals surface area contributed by atoms with E-state index in [4.69, 9.17) is 0 Å². The third-order valence-corrected chi connectivity index (χ3v) is 3.68. The number of aliphatic hydroxyl groups excluding tert-OH is 1. The molecule has 1 aromatic rings. The van der Waals surface area contributed by atoms with Crippen LogP contribution in [0.25, 0.3) is 0 Å². The Morgan fingerprint density at radius 1 is 1.04 bits per heavy atom. The van der Waals surface area contributed by atoms with Crippen molar-refractivity contribution >= 4 is 5.69 Å². The van der Waals surface area contributed by atoms with Gasteiger partial charge in [-0.1, -0.05) is 0 Å². The van der Waals surface area contributed by atoms with E-state index in [1.165, 1.54) is 0 Å². The van der Waals surface area contributed by atoms with Crippen LogP contribution in [0, 0.1) is 6.54 Å². The average molecular weight is 341 g/mol. The lowest BCUT2D eigenvalue weighted by Gasteiger charge is -2.37. The van der Waals surface area contributed by atoms with Crippen molar-refractivity contribution in [3.8, 4) is 0 Å². The molecule has 1 fully saturated rings. The van der Waals surface area contributed by atoms with Crippen molar-refractivity contribution in [3.63, 3.8) is 0 Å². The molecule has 1 saturated heterocycles. The molecule has 1 heterocycles. The fourth-order valence-electron chi connectivity index (χ4n) is 2.41. The summed E-state index contributed by atoms with van der Waals surface area (Å²) in [6.45, 7) is 1.66. The number of hydrogen-bond acceptors (Lipinski definition) is 3. The minimum absolute atomic E-state index is 0.0748. The number of piperidine rings is 1. The summed E-state index contributed by atoms with van der Waals surface area (Å²) in [5.41, 5.74) is -4.09. The van der Waals surface area contributed by atoms with Gasteiger partial charge in [-0.3, -0.25) is 0 Å². The maximum atomic E-state index is 12.8. The van der Waals surface area contributed by atoms with Crippen LogP contribution in [0.15, 0.2) is 18.2 Å². The molecule has 3 N–H and O–H groups in total. The smallest absolute Gasteiger partial charge is 0.394 e. The topological polar surface area (TPSA) is 44.3 Å². The number of benzene rings is 1. The molecule has 0 aliphatic carbocycles. The number of nitrogens with one attached hydrogen (secondary N) is 2. The van der Waals surface area contributed by atoms with E-state index in [2.05, 4.69) is 10.6 Å². The molecule has 0 amide bonds. The second-order valence-electron chi connectivity index (χ2n) is 5.47. The normalized spacial score (nSPS) is 18.7. The van der Waals surface area contributed by atoms with E-state index < -0.39 is 35.6 Å². The Labute approximate surface area is 128 Å². The highest BCUT2D eigenvalue weighted by Gasteiger charge is 2.38. The summed E-state index contributed by atoms with van der Waals surface area (Å²) in [4.78, 5) is 0. The largest absolute Gasteiger partial charge is 0.416 e. The van der Waals surface area contributed by atoms with E-state index in [1.807, 2.05) is 0 Å². The van der Waals surface area contributed by atoms with Gasteiger partial charge in [0, 0.05) is 12.2 Å². The summed E-state index contributed by atoms with van der Waals surface area (Å²) >= 11 is 0. The van der Waals surface area contributed by atoms with Gasteiger partial charge < -0.3 is 15.7 Å². The minimum Gasteiger partial charge on any atom is -0.394 e. The van der Waals surface area contributed by atoms with Gasteiger partial charge in [0.15, 0.2) is 0 Å². The average Bonchev–Trinajstić information content (AvgIpc) is 2.46. The van der Waals surface area contributed by atoms with Gasteiger partial charge in [-0.15, -0.1) is 0 Å². The molecule has 23 heavy (non-hydrogen) atoms. The Bertz CT molecular complexity index is 517. The molecule has 1 aromatic carbocycles. The van der Waals surface area contributed by atoms with Crippen molar-refractivity contribution in [1.82, 2.24) is 5.32 Å². The molecule has 0 aromatic heterocycles. The number of halogens is 6. The molecular formula is C14H15F6N2O. The monoisotopic (exact) mass is 341 g/mol. The van der Waals surface area contributed by atoms with Gasteiger partial charge in [0.25, 0.3) is 0 Å². The second kappa shape index (κ2) is 6.20. The van der Waals surface area contributed by atoms with Crippen molar-refractivity contribution < 1.29 is 31.4 Å². The Morgan fingerprint density at radius 3 is 2.00 bits per heavy atom. The first kappa shape index (κ1) is 17.9. The molecule has 1 aliphatic rings. The molecule has 3 nitrogen and oxygen atoms in total. The Hall–Kier alpha value is -1.48. The fraction of sp³-hybridized carbons (Fsp3) is 0.500. The summed E-state index contributed by atoms with van der Waals surface area (Å²) in [6.07, 6.45) is -9.17. The van der Waals surface area contributed by atoms with E-state index in [0.717, 1.165) is 0 Å². The SMILES string of the molecule is OCC1(Nc2cc(C(F)(F)F)cc(C(F)(F)F)c2)C[CH]NCC1. The van der Waals surface area contributed by atoms with Crippen molar-refractivity contribution in [2.24, 2.45) is 0 Å². The van der Waals surface area contributed by atoms with Gasteiger partial charge >= 0.3 is 12.4 Å². The van der Waals surface area contributed by atoms with Gasteiger partial charge in [-0.2, -0.15) is 26.3 Å². The van der Waals surface area contributed by atoms with Crippen molar-refractivity contribution in [1.29, 1.82) is 0 Å². The molecule has 0 bridgehead atoms. The minimum atomic E-state index is -4.90. The summed E-state index contributed by atoms with van der Waals surface area (Å²) in [5, 5.41) is 15.0. The van der Waals surface area contributed by atoms with Crippen molar-refractivity contribution in [2.75, 3.05) is 18.5 Å². The molecule has 1 radical (unpaired) electrons. The summed E-state index contributed by atoms with van der Waals surface area (Å²) < 4.78 is 77.0. The highest BCUT2D eigenvalue weighted by molar-refractivity contribution is 5.52. The van der Waals surface area contributed by atoms with Crippen LogP contribution in [-0.4, -0.2) is 23.8 Å². The fourth-order valence-corrected chi connectivity index (χ4v) is 2.41. The molecule has 0 saturated carbocycles. The lowest BCUT2D eigenvalue weighted by molar-refractivity contribution is -0.143. The van der Waals surface area contributed by atoms with E-state index in [-0.39, 0.29) is 18.2 Å². The zero-order chi connectivity index (χ0) is 17.3. The Balaban J connectivity index is 2.40. The number of rotatable bonds is 3. The zero-order valence-corrected chi connectivity index (χ0v) is 11.9. The van der Waals surface area contributed by atoms with Crippen LogP contribution in [0.3, 0.4) is 0 Å². The lowest BCUT2D eigenvalue weighted by atomic mass is 9.88. The van der Waals surface area contributed by atoms with E-state index >= 15 is 0 Å². The highest BCUT2D eigenvalue weighted by atomic mass is 19.4. The van der Waals surface area contributed by atoms with Gasteiger partial charge in [0.2, 0.25) is 0 Å². The number of alkyl halides is 6. The van der Waals surface area contributed by atoms with Gasteiger partial charge in [-0.25, -0.2) is 0 Å². The molecule has 0 spiro atoms. The Morgan fingerprint density at radius 2 is 1.61 bits per heavy atom. The predicted octanol–water partition coefficient (Wildman–Crippen LogP) is 3.41. The highest BCUT2D eigenvalue weighted by Crippen LogP contribution is 2.38. The van der Waals surface area contributed by atoms with Crippen LogP contribution < -0.4 is 10.6 Å². The standard InChI is InChI=1S/C14H15F6N2O/c15-13(16,17)9-5-10(14(18,19)20)7-11(6-9)22-12(8-23)1-3-21-4-2-12/h3,5-7,21-23H,1-2,4,8H2. The summed E-state index contributed by atoms with van der Waals surface area (Å²) in [6, 6.07) is 1.31. The maximum Gasteiger partial charge on any atom is 0.416 e. The molecule has 9 heteroatoms. The van der Waals surface area contributed by atoms with Crippen LogP contribution in [0.1, 0.15) is 24.0 Å². The van der Waals surface area contributed by atoms with Crippen LogP contribution in [0.2, 0.25) is 0 Å². The van der Waals surface area contributed by atoms with Crippen LogP contribution in [0.5, 0.6) is 0 Å². The molecule has 2 rings (SSSR count). The van der Waals surface area contributed by atoms with E-state index in [9.17, 15) is 31.4 Å². The van der Waals surface area contributed by atoms with Crippen LogP contribution in [0.4, 0.5) is 32.0 Å². The number of aliphatic hydroxyl groups is 1. The zero-order valence-electron chi connectivity index (χ0n) is 11.9. The first-order chi connectivity index (χ1) is 10.6. The second-order valence-corrected chi connectivity index (χ2v) is 5.47. The number of hydrogen-bond donors (Lipinski definition) is 3. The summed E-state index contributed by atoms with van der Waals surface area (Å²) in [7, 11) is 0.